The molecule has 0 aromatic carbocycles. The Bertz CT molecular complexity index is 1720. The number of hydrogen-bond donors (Lipinski definition) is 8. The van der Waals surface area contributed by atoms with Crippen molar-refractivity contribution in [3.8, 4) is 0 Å². The fourth-order valence-corrected chi connectivity index (χ4v) is 28.1. The molecule has 59 heavy (non-hydrogen) atoms. The number of nitrogens with zero attached hydrogens (tertiary/aromatic N) is 1. The van der Waals surface area contributed by atoms with E-state index in [0.717, 1.165) is 6.42 Å². The normalized spacial score (nSPS) is 62.6. The number of nitrogens with one attached hydrogen (secondary N) is 7. The molecular formula is C32H41Br14ClN8O3S. The van der Waals surface area contributed by atoms with Crippen LogP contribution in [0, 0.1) is 47.3 Å². The van der Waals surface area contributed by atoms with Gasteiger partial charge in [-0.1, -0.05) is 207 Å². The summed E-state index contributed by atoms with van der Waals surface area (Å²) in [7, 11) is -4.59. The molecule has 338 valence electrons. The van der Waals surface area contributed by atoms with Crippen LogP contribution in [0.3, 0.4) is 0 Å². The lowest BCUT2D eigenvalue weighted by molar-refractivity contribution is 0.177. The first-order valence-electron chi connectivity index (χ1n) is 19.4. The standard InChI is InChI=1S/C32H41Br14ClN8O3S/c33-3-1-2-4(12(35)11(3)34)26-48-25(2)49-30-10-7(15(38)22(45)23(47)24(10)59(56,57)58)28(52-30)50-27-5-6(14(37)19(42)18(41)13(5)36)29(51-27)54-32-9-8(31(53-26)55(32)46)16(39)20(43)21(44)17(9)40/h2-32,48-54H,1H2,(H,56,57,58). The minimum absolute atomic E-state index is 0.0664. The molecule has 0 spiro atoms. The summed E-state index contributed by atoms with van der Waals surface area (Å²) in [6.07, 6.45) is -0.969. The first-order valence-corrected chi connectivity index (χ1v) is 33.9. The van der Waals surface area contributed by atoms with E-state index >= 15 is 0 Å². The Morgan fingerprint density at radius 1 is 0.441 bits per heavy atom. The number of hydrogen-bond acceptors (Lipinski definition) is 10. The number of rotatable bonds is 1. The lowest BCUT2D eigenvalue weighted by Crippen LogP contribution is -2.62. The summed E-state index contributed by atoms with van der Waals surface area (Å²) in [6, 6.07) is 0. The van der Waals surface area contributed by atoms with Gasteiger partial charge in [-0.2, -0.15) is 8.42 Å². The van der Waals surface area contributed by atoms with Crippen molar-refractivity contribution in [1.29, 1.82) is 0 Å². The van der Waals surface area contributed by atoms with Crippen LogP contribution in [0.5, 0.6) is 0 Å². The quantitative estimate of drug-likeness (QED) is 0.0750. The molecule has 0 radical (unpaired) electrons. The monoisotopic (exact) mass is 1760 g/mol. The maximum Gasteiger partial charge on any atom is 0.269 e. The molecule has 0 aromatic heterocycles. The molecule has 5 heterocycles. The topological polar surface area (TPSA) is 142 Å². The van der Waals surface area contributed by atoms with Gasteiger partial charge in [-0.3, -0.25) is 41.8 Å². The van der Waals surface area contributed by atoms with Gasteiger partial charge in [0.25, 0.3) is 10.1 Å². The van der Waals surface area contributed by atoms with Crippen LogP contribution in [0.25, 0.3) is 0 Å². The summed E-state index contributed by atoms with van der Waals surface area (Å²) >= 11 is 64.3. The second kappa shape index (κ2) is 19.2. The molecular weight excluding hydrogens is 1730 g/mol. The molecule has 31 unspecified atom stereocenters. The molecule has 9 rings (SSSR count). The molecule has 9 aliphatic rings. The maximum absolute atomic E-state index is 13.5. The average Bonchev–Trinajstić information content (AvgIpc) is 3.89. The van der Waals surface area contributed by atoms with E-state index < -0.39 is 37.7 Å². The van der Waals surface area contributed by atoms with Gasteiger partial charge in [0.05, 0.1) is 54.7 Å². The number of halogens is 15. The van der Waals surface area contributed by atoms with Gasteiger partial charge in [0.2, 0.25) is 0 Å². The Morgan fingerprint density at radius 3 is 1.24 bits per heavy atom. The Balaban J connectivity index is 1.18. The Labute approximate surface area is 468 Å². The third-order valence-electron chi connectivity index (χ3n) is 14.8. The summed E-state index contributed by atoms with van der Waals surface area (Å²) in [5, 5.41) is 26.2. The Kier molecular flexibility index (Phi) is 16.5. The molecule has 4 saturated carbocycles. The van der Waals surface area contributed by atoms with E-state index in [2.05, 4.69) is 264 Å². The predicted molar refractivity (Wildman–Crippen MR) is 286 cm³/mol. The van der Waals surface area contributed by atoms with E-state index in [1.54, 1.807) is 0 Å². The van der Waals surface area contributed by atoms with Crippen LogP contribution >= 0.6 is 235 Å². The minimum atomic E-state index is -4.59. The summed E-state index contributed by atoms with van der Waals surface area (Å²) in [4.78, 5) is 0.763. The lowest BCUT2D eigenvalue weighted by atomic mass is 9.75. The highest BCUT2D eigenvalue weighted by atomic mass is 79.9. The summed E-state index contributed by atoms with van der Waals surface area (Å²) in [6.45, 7) is 0. The molecule has 8 N–H and O–H groups in total. The predicted octanol–water partition coefficient (Wildman–Crippen LogP) is 7.57. The molecule has 9 fully saturated rings. The highest BCUT2D eigenvalue weighted by molar-refractivity contribution is 9.15. The largest absolute Gasteiger partial charge is 0.286 e. The van der Waals surface area contributed by atoms with E-state index in [9.17, 15) is 13.0 Å². The van der Waals surface area contributed by atoms with Gasteiger partial charge in [0.15, 0.2) is 0 Å². The van der Waals surface area contributed by atoms with Crippen molar-refractivity contribution < 1.29 is 13.0 Å². The van der Waals surface area contributed by atoms with Gasteiger partial charge in [0, 0.05) is 120 Å². The van der Waals surface area contributed by atoms with Gasteiger partial charge >= 0.3 is 0 Å². The van der Waals surface area contributed by atoms with E-state index in [1.807, 2.05) is 0 Å². The molecule has 11 nitrogen and oxygen atoms in total. The molecule has 0 aromatic rings. The van der Waals surface area contributed by atoms with E-state index in [-0.39, 0.29) is 143 Å². The molecule has 0 amide bonds. The van der Waals surface area contributed by atoms with Crippen molar-refractivity contribution in [3.05, 3.63) is 0 Å². The fourth-order valence-electron chi connectivity index (χ4n) is 12.2. The lowest BCUT2D eigenvalue weighted by Gasteiger charge is -2.46. The molecule has 8 bridgehead atoms. The smallest absolute Gasteiger partial charge is 0.269 e. The van der Waals surface area contributed by atoms with Crippen molar-refractivity contribution in [3.63, 3.8) is 0 Å². The van der Waals surface area contributed by atoms with Crippen LogP contribution < -0.4 is 37.2 Å². The van der Waals surface area contributed by atoms with Crippen molar-refractivity contribution in [2.75, 3.05) is 0 Å². The van der Waals surface area contributed by atoms with Crippen molar-refractivity contribution in [1.82, 2.24) is 41.1 Å². The summed E-state index contributed by atoms with van der Waals surface area (Å²) < 4.78 is 40.3. The first-order chi connectivity index (χ1) is 27.6. The molecule has 31 atom stereocenters. The fraction of sp³-hybridized carbons (Fsp3) is 1.00. The average molecular weight is 1770 g/mol. The van der Waals surface area contributed by atoms with Crippen molar-refractivity contribution in [2.45, 2.75) is 129 Å². The summed E-state index contributed by atoms with van der Waals surface area (Å²) in [5.41, 5.74) is 0. The summed E-state index contributed by atoms with van der Waals surface area (Å²) in [5.74, 6) is -0.101. The third kappa shape index (κ3) is 8.50. The van der Waals surface area contributed by atoms with Crippen LogP contribution in [-0.4, -0.2) is 140 Å². The third-order valence-corrected chi connectivity index (χ3v) is 39.2. The zero-order valence-corrected chi connectivity index (χ0v) is 53.7. The first kappa shape index (κ1) is 50.5. The Hall–Kier alpha value is 6.60. The SMILES string of the molecule is O=S(=O)(O)C1C(Cl)C(Br)C(Br)C2C3NC4NC(NC5C6C(Br)C(Br)C(Br)C(Br)C6C(NC6NC(NC(N3)C21)C1CC(Br)C(Br)C(Br)C61)N5Br)C1C(Br)C(Br)C(Br)C(Br)C41. The van der Waals surface area contributed by atoms with E-state index in [0.29, 0.717) is 0 Å². The van der Waals surface area contributed by atoms with Crippen molar-refractivity contribution >= 4 is 245 Å². The molecule has 27 heteroatoms. The van der Waals surface area contributed by atoms with Gasteiger partial charge < -0.3 is 0 Å². The second-order valence-electron chi connectivity index (χ2n) is 17.5. The van der Waals surface area contributed by atoms with Crippen molar-refractivity contribution in [2.24, 2.45) is 47.3 Å². The van der Waals surface area contributed by atoms with Gasteiger partial charge in [-0.15, -0.1) is 11.6 Å². The van der Waals surface area contributed by atoms with E-state index in [1.165, 1.54) is 0 Å². The van der Waals surface area contributed by atoms with Crippen LogP contribution in [0.4, 0.5) is 0 Å². The highest BCUT2D eigenvalue weighted by Gasteiger charge is 2.67. The van der Waals surface area contributed by atoms with Crippen LogP contribution in [-0.2, 0) is 10.1 Å². The zero-order chi connectivity index (χ0) is 42.6. The van der Waals surface area contributed by atoms with Gasteiger partial charge in [-0.25, -0.2) is 3.93 Å². The Morgan fingerprint density at radius 2 is 0.780 bits per heavy atom. The maximum atomic E-state index is 13.5. The zero-order valence-electron chi connectivity index (χ0n) is 29.9. The van der Waals surface area contributed by atoms with Crippen LogP contribution in [0.1, 0.15) is 6.42 Å². The van der Waals surface area contributed by atoms with Gasteiger partial charge in [-0.05, 0) is 12.3 Å². The molecule has 4 aliphatic carbocycles. The minimum Gasteiger partial charge on any atom is -0.286 e. The van der Waals surface area contributed by atoms with Gasteiger partial charge in [0.1, 0.15) is 5.25 Å². The van der Waals surface area contributed by atoms with Crippen LogP contribution in [0.15, 0.2) is 0 Å². The number of fused-ring (bicyclic) bond motifs is 20. The highest BCUT2D eigenvalue weighted by Crippen LogP contribution is 2.57. The number of alkyl halides is 14. The molecule has 5 saturated heterocycles. The second-order valence-corrected chi connectivity index (χ2v) is 34.2. The van der Waals surface area contributed by atoms with E-state index in [4.69, 9.17) is 11.6 Å². The molecule has 5 aliphatic heterocycles. The van der Waals surface area contributed by atoms with Crippen LogP contribution in [0.2, 0.25) is 0 Å².